The summed E-state index contributed by atoms with van der Waals surface area (Å²) in [5.41, 5.74) is 6.28. The highest BCUT2D eigenvalue weighted by atomic mass is 16.1. The molecule has 5 nitrogen and oxygen atoms in total. The lowest BCUT2D eigenvalue weighted by molar-refractivity contribution is 0.0995. The molecule has 0 unspecified atom stereocenters. The number of hydrogen-bond acceptors (Lipinski definition) is 4. The number of hydrogen-bond donors (Lipinski definition) is 3. The van der Waals surface area contributed by atoms with Gasteiger partial charge in [-0.2, -0.15) is 0 Å². The summed E-state index contributed by atoms with van der Waals surface area (Å²) >= 11 is 0. The van der Waals surface area contributed by atoms with Crippen molar-refractivity contribution in [2.75, 3.05) is 25.0 Å². The van der Waals surface area contributed by atoms with Crippen LogP contribution in [0.15, 0.2) is 18.3 Å². The Kier molecular flexibility index (Phi) is 5.28. The van der Waals surface area contributed by atoms with E-state index < -0.39 is 5.91 Å². The highest BCUT2D eigenvalue weighted by Crippen LogP contribution is 2.06. The number of nitrogens with zero attached hydrogens (tertiary/aromatic N) is 1. The Balaban J connectivity index is 2.36. The van der Waals surface area contributed by atoms with Crippen LogP contribution in [0.4, 0.5) is 5.69 Å². The number of carbonyl (C=O) groups is 1. The second-order valence-corrected chi connectivity index (χ2v) is 3.47. The molecule has 0 atom stereocenters. The molecule has 0 aromatic carbocycles. The van der Waals surface area contributed by atoms with E-state index in [0.29, 0.717) is 0 Å². The fraction of sp³-hybridized carbons (Fsp3) is 0.455. The minimum Gasteiger partial charge on any atom is -0.384 e. The molecule has 1 heterocycles. The third-order valence-electron chi connectivity index (χ3n) is 2.07. The molecular weight excluding hydrogens is 204 g/mol. The minimum absolute atomic E-state index is 0.284. The molecule has 0 spiro atoms. The third kappa shape index (κ3) is 4.27. The summed E-state index contributed by atoms with van der Waals surface area (Å²) in [5, 5.41) is 6.46. The van der Waals surface area contributed by atoms with Crippen LogP contribution >= 0.6 is 0 Å². The largest absolute Gasteiger partial charge is 0.384 e. The van der Waals surface area contributed by atoms with E-state index in [1.807, 2.05) is 6.07 Å². The number of primary amides is 1. The maximum atomic E-state index is 10.9. The Morgan fingerprint density at radius 3 is 2.94 bits per heavy atom. The zero-order chi connectivity index (χ0) is 11.8. The first-order chi connectivity index (χ1) is 7.74. The Morgan fingerprint density at radius 1 is 1.44 bits per heavy atom. The van der Waals surface area contributed by atoms with Crippen molar-refractivity contribution in [3.8, 4) is 0 Å². The third-order valence-corrected chi connectivity index (χ3v) is 2.07. The fourth-order valence-electron chi connectivity index (χ4n) is 1.27. The van der Waals surface area contributed by atoms with Crippen LogP contribution in [-0.4, -0.2) is 30.5 Å². The van der Waals surface area contributed by atoms with Crippen LogP contribution in [0.25, 0.3) is 0 Å². The normalized spacial score (nSPS) is 10.1. The molecule has 0 saturated heterocycles. The van der Waals surface area contributed by atoms with Gasteiger partial charge >= 0.3 is 0 Å². The van der Waals surface area contributed by atoms with Gasteiger partial charge in [0.1, 0.15) is 5.69 Å². The predicted octanol–water partition coefficient (Wildman–Crippen LogP) is 0.592. The number of rotatable bonds is 7. The Morgan fingerprint density at radius 2 is 2.25 bits per heavy atom. The quantitative estimate of drug-likeness (QED) is 0.590. The molecule has 0 aliphatic carbocycles. The number of nitrogens with one attached hydrogen (secondary N) is 2. The summed E-state index contributed by atoms with van der Waals surface area (Å²) in [4.78, 5) is 14.8. The van der Waals surface area contributed by atoms with Crippen molar-refractivity contribution in [1.29, 1.82) is 0 Å². The van der Waals surface area contributed by atoms with Gasteiger partial charge in [0.2, 0.25) is 0 Å². The van der Waals surface area contributed by atoms with Crippen molar-refractivity contribution in [2.24, 2.45) is 5.73 Å². The summed E-state index contributed by atoms with van der Waals surface area (Å²) in [6.45, 7) is 4.84. The molecule has 0 aliphatic rings. The van der Waals surface area contributed by atoms with E-state index in [9.17, 15) is 4.79 Å². The molecule has 0 bridgehead atoms. The monoisotopic (exact) mass is 222 g/mol. The Bertz CT molecular complexity index is 341. The predicted molar refractivity (Wildman–Crippen MR) is 64.4 cm³/mol. The minimum atomic E-state index is -0.507. The van der Waals surface area contributed by atoms with E-state index in [1.54, 1.807) is 12.3 Å². The Hall–Kier alpha value is -1.62. The van der Waals surface area contributed by atoms with Crippen LogP contribution in [0.5, 0.6) is 0 Å². The van der Waals surface area contributed by atoms with Gasteiger partial charge in [-0.15, -0.1) is 0 Å². The standard InChI is InChI=1S/C11H18N4O/c1-2-4-13-6-7-14-9-3-5-15-10(8-9)11(12)16/h3,5,8,13H,2,4,6-7H2,1H3,(H2,12,16)(H,14,15). The molecule has 4 N–H and O–H groups in total. The fourth-order valence-corrected chi connectivity index (χ4v) is 1.27. The second kappa shape index (κ2) is 6.79. The lowest BCUT2D eigenvalue weighted by Crippen LogP contribution is -2.23. The maximum absolute atomic E-state index is 10.9. The van der Waals surface area contributed by atoms with E-state index in [4.69, 9.17) is 5.73 Å². The molecular formula is C11H18N4O. The van der Waals surface area contributed by atoms with Gasteiger partial charge in [-0.1, -0.05) is 6.92 Å². The molecule has 1 aromatic heterocycles. The molecule has 0 saturated carbocycles. The molecule has 0 fully saturated rings. The Labute approximate surface area is 95.4 Å². The summed E-state index contributed by atoms with van der Waals surface area (Å²) in [5.74, 6) is -0.507. The van der Waals surface area contributed by atoms with Crippen LogP contribution in [-0.2, 0) is 0 Å². The number of amides is 1. The van der Waals surface area contributed by atoms with Crippen molar-refractivity contribution in [3.63, 3.8) is 0 Å². The van der Waals surface area contributed by atoms with Crippen molar-refractivity contribution in [3.05, 3.63) is 24.0 Å². The van der Waals surface area contributed by atoms with Crippen molar-refractivity contribution >= 4 is 11.6 Å². The summed E-state index contributed by atoms with van der Waals surface area (Å²) in [7, 11) is 0. The summed E-state index contributed by atoms with van der Waals surface area (Å²) in [6.07, 6.45) is 2.70. The van der Waals surface area contributed by atoms with Gasteiger partial charge < -0.3 is 16.4 Å². The second-order valence-electron chi connectivity index (χ2n) is 3.47. The van der Waals surface area contributed by atoms with Crippen LogP contribution < -0.4 is 16.4 Å². The van der Waals surface area contributed by atoms with Gasteiger partial charge in [0.05, 0.1) is 0 Å². The number of nitrogens with two attached hydrogens (primary N) is 1. The zero-order valence-corrected chi connectivity index (χ0v) is 9.49. The van der Waals surface area contributed by atoms with Gasteiger partial charge in [-0.3, -0.25) is 9.78 Å². The molecule has 0 radical (unpaired) electrons. The number of anilines is 1. The number of carbonyl (C=O) groups excluding carboxylic acids is 1. The molecule has 1 rings (SSSR count). The van der Waals surface area contributed by atoms with Gasteiger partial charge in [0, 0.05) is 25.0 Å². The highest BCUT2D eigenvalue weighted by Gasteiger charge is 2.01. The van der Waals surface area contributed by atoms with Gasteiger partial charge in [0.15, 0.2) is 0 Å². The van der Waals surface area contributed by atoms with Gasteiger partial charge in [0.25, 0.3) is 5.91 Å². The lowest BCUT2D eigenvalue weighted by atomic mass is 10.3. The first kappa shape index (κ1) is 12.4. The topological polar surface area (TPSA) is 80.0 Å². The summed E-state index contributed by atoms with van der Waals surface area (Å²) in [6, 6.07) is 3.47. The highest BCUT2D eigenvalue weighted by molar-refractivity contribution is 5.91. The van der Waals surface area contributed by atoms with Crippen LogP contribution in [0, 0.1) is 0 Å². The van der Waals surface area contributed by atoms with Gasteiger partial charge in [-0.25, -0.2) is 0 Å². The van der Waals surface area contributed by atoms with E-state index in [0.717, 1.165) is 31.7 Å². The maximum Gasteiger partial charge on any atom is 0.267 e. The lowest BCUT2D eigenvalue weighted by Gasteiger charge is -2.07. The zero-order valence-electron chi connectivity index (χ0n) is 9.49. The van der Waals surface area contributed by atoms with Gasteiger partial charge in [-0.05, 0) is 25.1 Å². The van der Waals surface area contributed by atoms with Crippen LogP contribution in [0.3, 0.4) is 0 Å². The number of pyridine rings is 1. The van der Waals surface area contributed by atoms with Crippen molar-refractivity contribution < 1.29 is 4.79 Å². The average molecular weight is 222 g/mol. The van der Waals surface area contributed by atoms with Crippen LogP contribution in [0.1, 0.15) is 23.8 Å². The van der Waals surface area contributed by atoms with Crippen molar-refractivity contribution in [1.82, 2.24) is 10.3 Å². The molecule has 1 amide bonds. The van der Waals surface area contributed by atoms with E-state index in [2.05, 4.69) is 22.5 Å². The first-order valence-electron chi connectivity index (χ1n) is 5.44. The number of aromatic nitrogens is 1. The molecule has 1 aromatic rings. The molecule has 0 aliphatic heterocycles. The van der Waals surface area contributed by atoms with E-state index in [1.165, 1.54) is 0 Å². The molecule has 88 valence electrons. The SMILES string of the molecule is CCCNCCNc1ccnc(C(N)=O)c1. The summed E-state index contributed by atoms with van der Waals surface area (Å²) < 4.78 is 0. The average Bonchev–Trinajstić information content (AvgIpc) is 2.29. The molecule has 5 heteroatoms. The van der Waals surface area contributed by atoms with E-state index in [-0.39, 0.29) is 5.69 Å². The smallest absolute Gasteiger partial charge is 0.267 e. The molecule has 16 heavy (non-hydrogen) atoms. The van der Waals surface area contributed by atoms with Crippen LogP contribution in [0.2, 0.25) is 0 Å². The van der Waals surface area contributed by atoms with E-state index >= 15 is 0 Å². The van der Waals surface area contributed by atoms with Crippen molar-refractivity contribution in [2.45, 2.75) is 13.3 Å². The first-order valence-corrected chi connectivity index (χ1v) is 5.44.